The Bertz CT molecular complexity index is 882. The number of nitrogens with one attached hydrogen (secondary N) is 1. The van der Waals surface area contributed by atoms with Gasteiger partial charge in [-0.15, -0.1) is 0 Å². The minimum Gasteiger partial charge on any atom is -0.488 e. The molecular weight excluding hydrogens is 414 g/mol. The predicted molar refractivity (Wildman–Crippen MR) is 121 cm³/mol. The van der Waals surface area contributed by atoms with Crippen LogP contribution in [-0.2, 0) is 0 Å². The molecule has 2 heterocycles. The van der Waals surface area contributed by atoms with Gasteiger partial charge in [0.1, 0.15) is 17.2 Å². The molecule has 0 radical (unpaired) electrons. The molecule has 1 saturated heterocycles. The quantitative estimate of drug-likeness (QED) is 0.580. The number of rotatable bonds is 10. The van der Waals surface area contributed by atoms with Crippen LogP contribution in [-0.4, -0.2) is 55.3 Å². The molecule has 8 heteroatoms. The average Bonchev–Trinajstić information content (AvgIpc) is 3.61. The van der Waals surface area contributed by atoms with Gasteiger partial charge in [0.05, 0.1) is 12.3 Å². The Morgan fingerprint density at radius 2 is 1.91 bits per heavy atom. The summed E-state index contributed by atoms with van der Waals surface area (Å²) in [7, 11) is 1.93. The van der Waals surface area contributed by atoms with Crippen molar-refractivity contribution in [3.05, 3.63) is 55.0 Å². The molecule has 6 nitrogen and oxygen atoms in total. The lowest BCUT2D eigenvalue weighted by atomic mass is 10.0. The molecule has 1 aliphatic carbocycles. The number of benzene rings is 1. The summed E-state index contributed by atoms with van der Waals surface area (Å²) >= 11 is 0. The summed E-state index contributed by atoms with van der Waals surface area (Å²) in [6.45, 7) is -0.120. The van der Waals surface area contributed by atoms with E-state index in [1.165, 1.54) is 0 Å². The van der Waals surface area contributed by atoms with E-state index in [2.05, 4.69) is 37.1 Å². The van der Waals surface area contributed by atoms with Gasteiger partial charge in [0.25, 0.3) is 0 Å². The highest BCUT2D eigenvalue weighted by Crippen LogP contribution is 2.40. The Balaban J connectivity index is 1.58. The molecule has 32 heavy (non-hydrogen) atoms. The van der Waals surface area contributed by atoms with Crippen molar-refractivity contribution in [2.75, 3.05) is 31.6 Å². The minimum absolute atomic E-state index is 0.147. The van der Waals surface area contributed by atoms with Crippen LogP contribution >= 0.6 is 0 Å². The molecule has 1 saturated carbocycles. The Morgan fingerprint density at radius 1 is 1.16 bits per heavy atom. The third-order valence-electron chi connectivity index (χ3n) is 5.68. The molecule has 1 aliphatic heterocycles. The van der Waals surface area contributed by atoms with Gasteiger partial charge < -0.3 is 24.6 Å². The van der Waals surface area contributed by atoms with Crippen molar-refractivity contribution in [3.8, 4) is 11.5 Å². The Labute approximate surface area is 187 Å². The molecule has 0 bridgehead atoms. The van der Waals surface area contributed by atoms with Crippen LogP contribution < -0.4 is 19.7 Å². The molecule has 2 aliphatic rings. The van der Waals surface area contributed by atoms with Crippen molar-refractivity contribution >= 4 is 11.4 Å². The maximum atomic E-state index is 12.6. The molecule has 2 aromatic rings. The van der Waals surface area contributed by atoms with Crippen molar-refractivity contribution in [1.29, 1.82) is 0 Å². The lowest BCUT2D eigenvalue weighted by molar-refractivity contribution is -0.0498. The number of likely N-dealkylation sites (tertiary alicyclic amines) is 1. The number of hydrogen-bond donors (Lipinski definition) is 1. The number of halogens is 2. The van der Waals surface area contributed by atoms with Gasteiger partial charge in [0.15, 0.2) is 0 Å². The van der Waals surface area contributed by atoms with E-state index in [-0.39, 0.29) is 17.9 Å². The minimum atomic E-state index is -2.84. The van der Waals surface area contributed by atoms with Crippen molar-refractivity contribution in [1.82, 2.24) is 15.2 Å². The normalized spacial score (nSPS) is 17.2. The first-order chi connectivity index (χ1) is 15.6. The topological polar surface area (TPSA) is 49.9 Å². The number of alkyl halides is 2. The summed E-state index contributed by atoms with van der Waals surface area (Å²) in [5.41, 5.74) is 1.82. The zero-order chi connectivity index (χ0) is 22.3. The van der Waals surface area contributed by atoms with E-state index in [1.54, 1.807) is 18.3 Å². The van der Waals surface area contributed by atoms with Crippen LogP contribution in [0.4, 0.5) is 20.2 Å². The van der Waals surface area contributed by atoms with E-state index < -0.39 is 6.61 Å². The van der Waals surface area contributed by atoms with Gasteiger partial charge in [-0.05, 0) is 63.2 Å². The zero-order valence-corrected chi connectivity index (χ0v) is 18.3. The molecule has 0 spiro atoms. The molecule has 4 rings (SSSR count). The zero-order valence-electron chi connectivity index (χ0n) is 18.3. The number of piperidine rings is 1. The monoisotopic (exact) mass is 444 g/mol. The van der Waals surface area contributed by atoms with Crippen LogP contribution in [0, 0.1) is 0 Å². The first kappa shape index (κ1) is 22.3. The molecular formula is C24H30F2N4O2. The van der Waals surface area contributed by atoms with E-state index >= 15 is 0 Å². The van der Waals surface area contributed by atoms with Gasteiger partial charge in [-0.1, -0.05) is 6.08 Å². The summed E-state index contributed by atoms with van der Waals surface area (Å²) in [4.78, 5) is 8.93. The predicted octanol–water partition coefficient (Wildman–Crippen LogP) is 4.56. The van der Waals surface area contributed by atoms with Gasteiger partial charge in [0.2, 0.25) is 0 Å². The number of nitrogens with zero attached hydrogens (tertiary/aromatic N) is 3. The average molecular weight is 445 g/mol. The van der Waals surface area contributed by atoms with Gasteiger partial charge in [-0.3, -0.25) is 4.98 Å². The third kappa shape index (κ3) is 5.88. The summed E-state index contributed by atoms with van der Waals surface area (Å²) in [6.07, 6.45) is 12.2. The molecule has 172 valence electrons. The fraction of sp³-hybridized carbons (Fsp3) is 0.458. The second-order valence-corrected chi connectivity index (χ2v) is 8.11. The summed E-state index contributed by atoms with van der Waals surface area (Å²) in [5, 5.41) is 3.12. The highest BCUT2D eigenvalue weighted by Gasteiger charge is 2.30. The largest absolute Gasteiger partial charge is 0.488 e. The van der Waals surface area contributed by atoms with Crippen LogP contribution in [0.2, 0.25) is 0 Å². The summed E-state index contributed by atoms with van der Waals surface area (Å²) in [6, 6.07) is 8.96. The van der Waals surface area contributed by atoms with E-state index in [0.717, 1.165) is 62.4 Å². The van der Waals surface area contributed by atoms with Crippen molar-refractivity contribution in [2.45, 2.75) is 44.4 Å². The number of likely N-dealkylation sites (N-methyl/N-ethyl adjacent to an activating group) is 1. The maximum absolute atomic E-state index is 12.6. The first-order valence-electron chi connectivity index (χ1n) is 11.1. The Kier molecular flexibility index (Phi) is 7.42. The van der Waals surface area contributed by atoms with E-state index in [1.807, 2.05) is 31.4 Å². The number of hydrogen-bond acceptors (Lipinski definition) is 6. The van der Waals surface area contributed by atoms with Gasteiger partial charge in [-0.2, -0.15) is 8.78 Å². The second kappa shape index (κ2) is 10.6. The smallest absolute Gasteiger partial charge is 0.387 e. The Morgan fingerprint density at radius 3 is 2.56 bits per heavy atom. The number of aromatic nitrogens is 1. The van der Waals surface area contributed by atoms with Gasteiger partial charge >= 0.3 is 6.61 Å². The highest BCUT2D eigenvalue weighted by atomic mass is 19.3. The fourth-order valence-corrected chi connectivity index (χ4v) is 3.97. The number of anilines is 2. The van der Waals surface area contributed by atoms with Crippen molar-refractivity contribution < 1.29 is 18.3 Å². The number of ether oxygens (including phenoxy) is 2. The van der Waals surface area contributed by atoms with Crippen LogP contribution in [0.5, 0.6) is 11.5 Å². The fourth-order valence-electron chi connectivity index (χ4n) is 3.97. The van der Waals surface area contributed by atoms with Crippen LogP contribution in [0.15, 0.2) is 55.0 Å². The lowest BCUT2D eigenvalue weighted by Crippen LogP contribution is -2.41. The summed E-state index contributed by atoms with van der Waals surface area (Å²) < 4.78 is 35.9. The molecule has 0 amide bonds. The van der Waals surface area contributed by atoms with Gasteiger partial charge in [0, 0.05) is 43.6 Å². The SMILES string of the molecule is CNCC=CN1CCC(N(c2ccc(OC(F)F)cc2)c2cnccc2OC2CC2)CC1. The van der Waals surface area contributed by atoms with Crippen molar-refractivity contribution in [3.63, 3.8) is 0 Å². The van der Waals surface area contributed by atoms with E-state index in [4.69, 9.17) is 4.74 Å². The number of pyridine rings is 1. The molecule has 0 unspecified atom stereocenters. The van der Waals surface area contributed by atoms with Crippen molar-refractivity contribution in [2.24, 2.45) is 0 Å². The maximum Gasteiger partial charge on any atom is 0.387 e. The third-order valence-corrected chi connectivity index (χ3v) is 5.68. The molecule has 1 aromatic carbocycles. The van der Waals surface area contributed by atoms with Crippen LogP contribution in [0.3, 0.4) is 0 Å². The second-order valence-electron chi connectivity index (χ2n) is 8.11. The molecule has 1 N–H and O–H groups in total. The molecule has 0 atom stereocenters. The van der Waals surface area contributed by atoms with Crippen LogP contribution in [0.1, 0.15) is 25.7 Å². The Hall–Kier alpha value is -2.87. The lowest BCUT2D eigenvalue weighted by Gasteiger charge is -2.40. The first-order valence-corrected chi connectivity index (χ1v) is 11.1. The highest BCUT2D eigenvalue weighted by molar-refractivity contribution is 5.69. The van der Waals surface area contributed by atoms with E-state index in [9.17, 15) is 8.78 Å². The van der Waals surface area contributed by atoms with E-state index in [0.29, 0.717) is 0 Å². The molecule has 2 fully saturated rings. The van der Waals surface area contributed by atoms with Crippen LogP contribution in [0.25, 0.3) is 0 Å². The summed E-state index contributed by atoms with van der Waals surface area (Å²) in [5.74, 6) is 0.959. The standard InChI is InChI=1S/C24H30F2N4O2/c1-27-12-2-14-29-15-10-19(11-16-29)30(18-3-5-21(6-4-18)32-24(25)26)22-17-28-13-9-23(22)31-20-7-8-20/h2-6,9,13-14,17,19-20,24,27H,7-8,10-12,15-16H2,1H3. The molecule has 1 aromatic heterocycles. The van der Waals surface area contributed by atoms with Gasteiger partial charge in [-0.25, -0.2) is 0 Å².